The van der Waals surface area contributed by atoms with Crippen molar-refractivity contribution in [1.82, 2.24) is 10.2 Å². The van der Waals surface area contributed by atoms with E-state index < -0.39 is 11.4 Å². The van der Waals surface area contributed by atoms with E-state index >= 15 is 0 Å². The minimum absolute atomic E-state index is 0.101. The van der Waals surface area contributed by atoms with Crippen molar-refractivity contribution in [3.63, 3.8) is 0 Å². The zero-order chi connectivity index (χ0) is 15.5. The quantitative estimate of drug-likeness (QED) is 0.831. The molecule has 2 saturated heterocycles. The van der Waals surface area contributed by atoms with Crippen molar-refractivity contribution in [2.24, 2.45) is 11.3 Å². The van der Waals surface area contributed by atoms with E-state index in [4.69, 9.17) is 0 Å². The molecule has 0 radical (unpaired) electrons. The van der Waals surface area contributed by atoms with E-state index in [2.05, 4.69) is 12.2 Å². The Morgan fingerprint density at radius 1 is 1.38 bits per heavy atom. The Morgan fingerprint density at radius 2 is 2.14 bits per heavy atom. The molecule has 3 unspecified atom stereocenters. The number of nitrogens with zero attached hydrogens (tertiary/aromatic N) is 1. The summed E-state index contributed by atoms with van der Waals surface area (Å²) in [7, 11) is 0. The number of hydrogen-bond donors (Lipinski definition) is 2. The van der Waals surface area contributed by atoms with E-state index in [0.29, 0.717) is 31.8 Å². The van der Waals surface area contributed by atoms with E-state index in [1.807, 2.05) is 6.92 Å². The van der Waals surface area contributed by atoms with Gasteiger partial charge in [0.05, 0.1) is 11.5 Å². The topological polar surface area (TPSA) is 69.6 Å². The number of aliphatic carboxylic acids is 1. The van der Waals surface area contributed by atoms with Gasteiger partial charge in [-0.15, -0.1) is 0 Å². The highest BCUT2D eigenvalue weighted by molar-refractivity contribution is 5.84. The van der Waals surface area contributed by atoms with Crippen LogP contribution in [0.15, 0.2) is 0 Å². The molecule has 3 atom stereocenters. The number of carbonyl (C=O) groups excluding carboxylic acids is 1. The lowest BCUT2D eigenvalue weighted by molar-refractivity contribution is -0.156. The maximum Gasteiger partial charge on any atom is 0.311 e. The fraction of sp³-hybridized carbons (Fsp3) is 0.875. The van der Waals surface area contributed by atoms with Crippen LogP contribution in [-0.2, 0) is 9.59 Å². The number of likely N-dealkylation sites (tertiary alicyclic amines) is 1. The Balaban J connectivity index is 2.09. The van der Waals surface area contributed by atoms with E-state index in [1.54, 1.807) is 4.90 Å². The number of carboxylic acid groups (broad SMARTS) is 1. The van der Waals surface area contributed by atoms with Gasteiger partial charge in [-0.2, -0.15) is 0 Å². The lowest BCUT2D eigenvalue weighted by Gasteiger charge is -2.42. The summed E-state index contributed by atoms with van der Waals surface area (Å²) in [5.41, 5.74) is -0.736. The van der Waals surface area contributed by atoms with Crippen LogP contribution in [0.25, 0.3) is 0 Å². The van der Waals surface area contributed by atoms with Crippen LogP contribution >= 0.6 is 0 Å². The van der Waals surface area contributed by atoms with Gasteiger partial charge in [0.15, 0.2) is 0 Å². The average molecular weight is 296 g/mol. The second-order valence-corrected chi connectivity index (χ2v) is 6.75. The number of rotatable bonds is 4. The van der Waals surface area contributed by atoms with Crippen molar-refractivity contribution >= 4 is 11.9 Å². The van der Waals surface area contributed by atoms with Crippen molar-refractivity contribution in [3.8, 4) is 0 Å². The molecule has 0 spiro atoms. The molecule has 2 rings (SSSR count). The van der Waals surface area contributed by atoms with Gasteiger partial charge in [0.2, 0.25) is 5.91 Å². The normalized spacial score (nSPS) is 33.7. The van der Waals surface area contributed by atoms with Crippen LogP contribution in [0.5, 0.6) is 0 Å². The SMILES string of the molecule is CCCC1(C(=O)O)CCCN(C(=O)C2NCCCC2C)C1. The Hall–Kier alpha value is -1.10. The van der Waals surface area contributed by atoms with Crippen molar-refractivity contribution in [2.75, 3.05) is 19.6 Å². The third-order valence-corrected chi connectivity index (χ3v) is 5.11. The van der Waals surface area contributed by atoms with Crippen LogP contribution in [0, 0.1) is 11.3 Å². The first-order valence-corrected chi connectivity index (χ1v) is 8.26. The molecule has 0 aromatic heterocycles. The van der Waals surface area contributed by atoms with Gasteiger partial charge >= 0.3 is 5.97 Å². The highest BCUT2D eigenvalue weighted by Crippen LogP contribution is 2.35. The first kappa shape index (κ1) is 16.3. The zero-order valence-electron chi connectivity index (χ0n) is 13.2. The van der Waals surface area contributed by atoms with Gasteiger partial charge in [-0.3, -0.25) is 9.59 Å². The number of hydrogen-bond acceptors (Lipinski definition) is 3. The smallest absolute Gasteiger partial charge is 0.311 e. The third-order valence-electron chi connectivity index (χ3n) is 5.11. The van der Waals surface area contributed by atoms with Gasteiger partial charge in [-0.05, 0) is 44.6 Å². The Bertz CT molecular complexity index is 395. The fourth-order valence-electron chi connectivity index (χ4n) is 3.86. The van der Waals surface area contributed by atoms with Gasteiger partial charge in [-0.25, -0.2) is 0 Å². The predicted molar refractivity (Wildman–Crippen MR) is 81.0 cm³/mol. The summed E-state index contributed by atoms with van der Waals surface area (Å²) in [5.74, 6) is -0.311. The standard InChI is InChI=1S/C16H28N2O3/c1-3-7-16(15(20)21)8-5-10-18(11-16)14(19)13-12(2)6-4-9-17-13/h12-13,17H,3-11H2,1-2H3,(H,20,21). The van der Waals surface area contributed by atoms with Gasteiger partial charge in [-0.1, -0.05) is 20.3 Å². The molecule has 2 aliphatic heterocycles. The minimum atomic E-state index is -0.744. The summed E-state index contributed by atoms with van der Waals surface area (Å²) in [6.07, 6.45) is 5.15. The highest BCUT2D eigenvalue weighted by atomic mass is 16.4. The highest BCUT2D eigenvalue weighted by Gasteiger charge is 2.44. The molecule has 0 aliphatic carbocycles. The number of piperidine rings is 2. The molecule has 0 bridgehead atoms. The molecule has 1 amide bonds. The second kappa shape index (κ2) is 6.77. The molecule has 5 nitrogen and oxygen atoms in total. The largest absolute Gasteiger partial charge is 0.481 e. The maximum absolute atomic E-state index is 12.7. The van der Waals surface area contributed by atoms with E-state index in [1.165, 1.54) is 0 Å². The second-order valence-electron chi connectivity index (χ2n) is 6.75. The summed E-state index contributed by atoms with van der Waals surface area (Å²) in [6, 6.07) is -0.134. The summed E-state index contributed by atoms with van der Waals surface area (Å²) < 4.78 is 0. The van der Waals surface area contributed by atoms with Crippen LogP contribution in [-0.4, -0.2) is 47.6 Å². The van der Waals surface area contributed by atoms with E-state index in [9.17, 15) is 14.7 Å². The molecule has 0 aromatic carbocycles. The van der Waals surface area contributed by atoms with E-state index in [-0.39, 0.29) is 11.9 Å². The Kier molecular flexibility index (Phi) is 5.25. The average Bonchev–Trinajstić information content (AvgIpc) is 2.47. The van der Waals surface area contributed by atoms with Gasteiger partial charge in [0.25, 0.3) is 0 Å². The molecule has 0 aromatic rings. The molecule has 21 heavy (non-hydrogen) atoms. The van der Waals surface area contributed by atoms with Crippen molar-refractivity contribution in [1.29, 1.82) is 0 Å². The Labute approximate surface area is 127 Å². The van der Waals surface area contributed by atoms with Crippen LogP contribution in [0.4, 0.5) is 0 Å². The zero-order valence-corrected chi connectivity index (χ0v) is 13.2. The van der Waals surface area contributed by atoms with E-state index in [0.717, 1.165) is 32.2 Å². The lowest BCUT2D eigenvalue weighted by atomic mass is 9.76. The summed E-state index contributed by atoms with van der Waals surface area (Å²) >= 11 is 0. The number of carbonyl (C=O) groups is 2. The molecular formula is C16H28N2O3. The van der Waals surface area contributed by atoms with Gasteiger partial charge < -0.3 is 15.3 Å². The molecule has 0 saturated carbocycles. The van der Waals surface area contributed by atoms with Gasteiger partial charge in [0, 0.05) is 13.1 Å². The van der Waals surface area contributed by atoms with Crippen LogP contribution < -0.4 is 5.32 Å². The first-order chi connectivity index (χ1) is 10.00. The van der Waals surface area contributed by atoms with Crippen molar-refractivity contribution < 1.29 is 14.7 Å². The summed E-state index contributed by atoms with van der Waals surface area (Å²) in [6.45, 7) is 6.07. The maximum atomic E-state index is 12.7. The summed E-state index contributed by atoms with van der Waals surface area (Å²) in [5, 5.41) is 12.9. The molecule has 2 heterocycles. The fourth-order valence-corrected chi connectivity index (χ4v) is 3.86. The van der Waals surface area contributed by atoms with Crippen LogP contribution in [0.3, 0.4) is 0 Å². The van der Waals surface area contributed by atoms with Gasteiger partial charge in [0.1, 0.15) is 0 Å². The number of carboxylic acids is 1. The lowest BCUT2D eigenvalue weighted by Crippen LogP contribution is -2.57. The number of amides is 1. The van der Waals surface area contributed by atoms with Crippen molar-refractivity contribution in [3.05, 3.63) is 0 Å². The third kappa shape index (κ3) is 3.39. The van der Waals surface area contributed by atoms with Crippen LogP contribution in [0.2, 0.25) is 0 Å². The monoisotopic (exact) mass is 296 g/mol. The molecule has 2 aliphatic rings. The molecular weight excluding hydrogens is 268 g/mol. The number of nitrogens with one attached hydrogen (secondary N) is 1. The summed E-state index contributed by atoms with van der Waals surface area (Å²) in [4.78, 5) is 26.3. The molecule has 5 heteroatoms. The first-order valence-electron chi connectivity index (χ1n) is 8.26. The van der Waals surface area contributed by atoms with Crippen molar-refractivity contribution in [2.45, 2.75) is 58.4 Å². The predicted octanol–water partition coefficient (Wildman–Crippen LogP) is 1.87. The van der Waals surface area contributed by atoms with Crippen LogP contribution in [0.1, 0.15) is 52.4 Å². The molecule has 2 fully saturated rings. The minimum Gasteiger partial charge on any atom is -0.481 e. The molecule has 120 valence electrons. The molecule has 2 N–H and O–H groups in total. The Morgan fingerprint density at radius 3 is 2.76 bits per heavy atom.